The quantitative estimate of drug-likeness (QED) is 0.433. The molecule has 2 aromatic heterocycles. The van der Waals surface area contributed by atoms with Crippen LogP contribution in [0, 0.1) is 6.92 Å². The summed E-state index contributed by atoms with van der Waals surface area (Å²) in [6.45, 7) is 5.10. The molecule has 2 aromatic carbocycles. The van der Waals surface area contributed by atoms with Gasteiger partial charge < -0.3 is 9.88 Å². The highest BCUT2D eigenvalue weighted by atomic mass is 32.1. The molecule has 1 atom stereocenters. The topological polar surface area (TPSA) is 46.9 Å². The third-order valence-corrected chi connectivity index (χ3v) is 6.05. The first kappa shape index (κ1) is 20.1. The van der Waals surface area contributed by atoms with Crippen molar-refractivity contribution in [2.45, 2.75) is 26.3 Å². The van der Waals surface area contributed by atoms with Crippen molar-refractivity contribution < 1.29 is 4.79 Å². The number of nitrogens with zero attached hydrogens (tertiary/aromatic N) is 2. The van der Waals surface area contributed by atoms with E-state index in [0.29, 0.717) is 6.54 Å². The van der Waals surface area contributed by atoms with Crippen LogP contribution in [0.3, 0.4) is 0 Å². The second kappa shape index (κ2) is 9.09. The molecule has 0 saturated heterocycles. The first-order chi connectivity index (χ1) is 14.6. The van der Waals surface area contributed by atoms with Crippen LogP contribution in [0.2, 0.25) is 0 Å². The highest BCUT2D eigenvalue weighted by Crippen LogP contribution is 2.29. The number of aromatic nitrogens is 2. The van der Waals surface area contributed by atoms with Crippen LogP contribution in [0.25, 0.3) is 22.0 Å². The van der Waals surface area contributed by atoms with E-state index in [0.717, 1.165) is 22.0 Å². The molecule has 0 aliphatic carbocycles. The molecule has 0 radical (unpaired) electrons. The van der Waals surface area contributed by atoms with E-state index in [4.69, 9.17) is 4.98 Å². The fourth-order valence-electron chi connectivity index (χ4n) is 3.37. The second-order valence-corrected chi connectivity index (χ2v) is 8.40. The predicted octanol–water partition coefficient (Wildman–Crippen LogP) is 5.51. The Hall–Kier alpha value is -3.18. The van der Waals surface area contributed by atoms with Crippen molar-refractivity contribution in [2.75, 3.05) is 6.54 Å². The predicted molar refractivity (Wildman–Crippen MR) is 124 cm³/mol. The van der Waals surface area contributed by atoms with Crippen LogP contribution in [-0.4, -0.2) is 22.0 Å². The molecule has 152 valence electrons. The number of aryl methyl sites for hydroxylation is 1. The summed E-state index contributed by atoms with van der Waals surface area (Å²) in [5, 5.41) is 6.04. The Kier molecular flexibility index (Phi) is 6.10. The van der Waals surface area contributed by atoms with E-state index in [-0.39, 0.29) is 18.4 Å². The minimum absolute atomic E-state index is 0.00513. The first-order valence-corrected chi connectivity index (χ1v) is 11.0. The van der Waals surface area contributed by atoms with Crippen molar-refractivity contribution in [2.24, 2.45) is 0 Å². The Morgan fingerprint density at radius 2 is 1.83 bits per heavy atom. The first-order valence-electron chi connectivity index (χ1n) is 10.1. The average Bonchev–Trinajstić information content (AvgIpc) is 3.42. The van der Waals surface area contributed by atoms with Gasteiger partial charge in [-0.1, -0.05) is 67.1 Å². The summed E-state index contributed by atoms with van der Waals surface area (Å²) < 4.78 is 1.96. The number of rotatable bonds is 7. The van der Waals surface area contributed by atoms with Crippen molar-refractivity contribution in [3.05, 3.63) is 89.4 Å². The zero-order chi connectivity index (χ0) is 20.9. The van der Waals surface area contributed by atoms with Gasteiger partial charge in [0.2, 0.25) is 5.91 Å². The minimum Gasteiger partial charge on any atom is -0.354 e. The molecule has 0 fully saturated rings. The van der Waals surface area contributed by atoms with Gasteiger partial charge in [-0.2, -0.15) is 0 Å². The van der Waals surface area contributed by atoms with E-state index in [9.17, 15) is 4.79 Å². The lowest BCUT2D eigenvalue weighted by Crippen LogP contribution is -2.30. The molecule has 4 nitrogen and oxygen atoms in total. The summed E-state index contributed by atoms with van der Waals surface area (Å²) in [5.74, 6) is 0.279. The standard InChI is InChI=1S/C25H25N3OS/c1-18-10-12-21(13-11-18)22-17-30-25(27-22)23-9-6-14-28(23)16-24(29)26-15-19(2)20-7-4-3-5-8-20/h3-14,17,19H,15-16H2,1-2H3,(H,26,29)/t19-/m1/s1. The van der Waals surface area contributed by atoms with E-state index >= 15 is 0 Å². The van der Waals surface area contributed by atoms with E-state index in [1.807, 2.05) is 41.1 Å². The molecular weight excluding hydrogens is 390 g/mol. The van der Waals surface area contributed by atoms with Gasteiger partial charge in [0, 0.05) is 23.7 Å². The molecule has 0 aliphatic heterocycles. The third-order valence-electron chi connectivity index (χ3n) is 5.19. The van der Waals surface area contributed by atoms with Crippen LogP contribution in [0.15, 0.2) is 78.3 Å². The lowest BCUT2D eigenvalue weighted by atomic mass is 10.0. The third kappa shape index (κ3) is 4.69. The average molecular weight is 416 g/mol. The summed E-state index contributed by atoms with van der Waals surface area (Å²) >= 11 is 1.60. The number of amides is 1. The molecule has 1 amide bonds. The van der Waals surface area contributed by atoms with Gasteiger partial charge in [-0.15, -0.1) is 11.3 Å². The van der Waals surface area contributed by atoms with E-state index in [2.05, 4.69) is 60.9 Å². The summed E-state index contributed by atoms with van der Waals surface area (Å²) in [7, 11) is 0. The van der Waals surface area contributed by atoms with Crippen LogP contribution < -0.4 is 5.32 Å². The molecule has 4 rings (SSSR count). The normalized spacial score (nSPS) is 11.9. The van der Waals surface area contributed by atoms with Crippen LogP contribution in [0.4, 0.5) is 0 Å². The summed E-state index contributed by atoms with van der Waals surface area (Å²) in [4.78, 5) is 17.3. The van der Waals surface area contributed by atoms with Crippen molar-refractivity contribution in [3.63, 3.8) is 0 Å². The Morgan fingerprint density at radius 3 is 2.60 bits per heavy atom. The summed E-state index contributed by atoms with van der Waals surface area (Å²) in [5.41, 5.74) is 5.49. The maximum Gasteiger partial charge on any atom is 0.239 e. The number of thiazole rings is 1. The molecule has 0 spiro atoms. The van der Waals surface area contributed by atoms with Crippen LogP contribution >= 0.6 is 11.3 Å². The van der Waals surface area contributed by atoms with Gasteiger partial charge in [-0.25, -0.2) is 4.98 Å². The lowest BCUT2D eigenvalue weighted by molar-refractivity contribution is -0.121. The van der Waals surface area contributed by atoms with Gasteiger partial charge in [-0.05, 0) is 30.5 Å². The molecule has 1 N–H and O–H groups in total. The Morgan fingerprint density at radius 1 is 1.07 bits per heavy atom. The number of benzene rings is 2. The molecular formula is C25H25N3OS. The summed E-state index contributed by atoms with van der Waals surface area (Å²) in [6.07, 6.45) is 1.93. The van der Waals surface area contributed by atoms with Gasteiger partial charge in [0.05, 0.1) is 11.4 Å². The number of hydrogen-bond acceptors (Lipinski definition) is 3. The van der Waals surface area contributed by atoms with Gasteiger partial charge >= 0.3 is 0 Å². The van der Waals surface area contributed by atoms with Crippen LogP contribution in [-0.2, 0) is 11.3 Å². The van der Waals surface area contributed by atoms with Gasteiger partial charge in [-0.3, -0.25) is 4.79 Å². The summed E-state index contributed by atoms with van der Waals surface area (Å²) in [6, 6.07) is 22.6. The van der Waals surface area contributed by atoms with Crippen molar-refractivity contribution in [1.82, 2.24) is 14.9 Å². The van der Waals surface area contributed by atoms with Gasteiger partial charge in [0.1, 0.15) is 11.6 Å². The number of carbonyl (C=O) groups excluding carboxylic acids is 1. The maximum absolute atomic E-state index is 12.5. The Bertz CT molecular complexity index is 1110. The van der Waals surface area contributed by atoms with E-state index in [1.165, 1.54) is 11.1 Å². The van der Waals surface area contributed by atoms with E-state index < -0.39 is 0 Å². The van der Waals surface area contributed by atoms with Crippen molar-refractivity contribution >= 4 is 17.2 Å². The lowest BCUT2D eigenvalue weighted by Gasteiger charge is -2.14. The minimum atomic E-state index is 0.00513. The largest absolute Gasteiger partial charge is 0.354 e. The SMILES string of the molecule is Cc1ccc(-c2csc(-c3cccn3CC(=O)NC[C@@H](C)c3ccccc3)n2)cc1. The molecule has 5 heteroatoms. The highest BCUT2D eigenvalue weighted by molar-refractivity contribution is 7.13. The fourth-order valence-corrected chi connectivity index (χ4v) is 4.24. The van der Waals surface area contributed by atoms with E-state index in [1.54, 1.807) is 11.3 Å². The second-order valence-electron chi connectivity index (χ2n) is 7.54. The molecule has 0 aliphatic rings. The fraction of sp³-hybridized carbons (Fsp3) is 0.200. The number of nitrogens with one attached hydrogen (secondary N) is 1. The van der Waals surface area contributed by atoms with Crippen molar-refractivity contribution in [1.29, 1.82) is 0 Å². The molecule has 0 saturated carbocycles. The van der Waals surface area contributed by atoms with Crippen LogP contribution in [0.1, 0.15) is 24.0 Å². The molecule has 30 heavy (non-hydrogen) atoms. The van der Waals surface area contributed by atoms with Crippen LogP contribution in [0.5, 0.6) is 0 Å². The number of hydrogen-bond donors (Lipinski definition) is 1. The molecule has 4 aromatic rings. The number of carbonyl (C=O) groups is 1. The Balaban J connectivity index is 1.41. The smallest absolute Gasteiger partial charge is 0.239 e. The Labute approximate surface area is 181 Å². The maximum atomic E-state index is 12.5. The molecule has 2 heterocycles. The monoisotopic (exact) mass is 415 g/mol. The van der Waals surface area contributed by atoms with Gasteiger partial charge in [0.25, 0.3) is 0 Å². The zero-order valence-electron chi connectivity index (χ0n) is 17.2. The highest BCUT2D eigenvalue weighted by Gasteiger charge is 2.13. The molecule has 0 unspecified atom stereocenters. The van der Waals surface area contributed by atoms with Crippen molar-refractivity contribution in [3.8, 4) is 22.0 Å². The molecule has 0 bridgehead atoms. The van der Waals surface area contributed by atoms with Gasteiger partial charge in [0.15, 0.2) is 0 Å². The zero-order valence-corrected chi connectivity index (χ0v) is 18.0.